The Bertz CT molecular complexity index is 1040. The van der Waals surface area contributed by atoms with Crippen molar-refractivity contribution in [2.45, 2.75) is 26.7 Å². The average Bonchev–Trinajstić information content (AvgIpc) is 3.04. The molecule has 0 radical (unpaired) electrons. The topological polar surface area (TPSA) is 81.2 Å². The third-order valence-corrected chi connectivity index (χ3v) is 5.48. The lowest BCUT2D eigenvalue weighted by Crippen LogP contribution is -2.26. The van der Waals surface area contributed by atoms with E-state index < -0.39 is 0 Å². The van der Waals surface area contributed by atoms with Crippen LogP contribution in [-0.2, 0) is 6.42 Å². The molecular weight excluding hydrogens is 374 g/mol. The lowest BCUT2D eigenvalue weighted by Gasteiger charge is -2.26. The first-order chi connectivity index (χ1) is 13.4. The normalized spacial score (nSPS) is 15.0. The summed E-state index contributed by atoms with van der Waals surface area (Å²) < 4.78 is 5.75. The minimum absolute atomic E-state index is 0.0822. The molecule has 4 rings (SSSR count). The van der Waals surface area contributed by atoms with E-state index >= 15 is 0 Å². The van der Waals surface area contributed by atoms with E-state index in [9.17, 15) is 9.59 Å². The smallest absolute Gasteiger partial charge is 0.262 e. The van der Waals surface area contributed by atoms with E-state index in [2.05, 4.69) is 15.3 Å². The van der Waals surface area contributed by atoms with E-state index in [1.165, 1.54) is 11.3 Å². The summed E-state index contributed by atoms with van der Waals surface area (Å²) in [5.74, 6) is 0.507. The fourth-order valence-electron chi connectivity index (χ4n) is 3.18. The number of hydrogen-bond acceptors (Lipinski definition) is 6. The maximum atomic E-state index is 12.8. The van der Waals surface area contributed by atoms with Crippen LogP contribution in [0.5, 0.6) is 11.6 Å². The second kappa shape index (κ2) is 7.16. The van der Waals surface area contributed by atoms with Crippen molar-refractivity contribution in [2.75, 3.05) is 5.32 Å². The van der Waals surface area contributed by atoms with Crippen molar-refractivity contribution in [1.29, 1.82) is 0 Å². The van der Waals surface area contributed by atoms with Crippen LogP contribution in [0, 0.1) is 5.41 Å². The van der Waals surface area contributed by atoms with Crippen LogP contribution in [0.4, 0.5) is 5.13 Å². The molecule has 0 aliphatic heterocycles. The molecule has 7 heteroatoms. The molecule has 1 aliphatic rings. The third-order valence-electron chi connectivity index (χ3n) is 4.43. The van der Waals surface area contributed by atoms with Gasteiger partial charge in [-0.15, -0.1) is 0 Å². The number of para-hydroxylation sites is 1. The highest BCUT2D eigenvalue weighted by molar-refractivity contribution is 7.17. The summed E-state index contributed by atoms with van der Waals surface area (Å²) in [6.07, 6.45) is 2.78. The first-order valence-corrected chi connectivity index (χ1v) is 9.75. The molecular formula is C21H19N3O3S. The minimum atomic E-state index is -0.378. The average molecular weight is 393 g/mol. The highest BCUT2D eigenvalue weighted by Crippen LogP contribution is 2.38. The van der Waals surface area contributed by atoms with Crippen LogP contribution in [0.2, 0.25) is 0 Å². The molecule has 2 aromatic heterocycles. The summed E-state index contributed by atoms with van der Waals surface area (Å²) in [4.78, 5) is 34.5. The van der Waals surface area contributed by atoms with Crippen molar-refractivity contribution in [3.05, 3.63) is 64.8 Å². The summed E-state index contributed by atoms with van der Waals surface area (Å²) in [6.45, 7) is 4.10. The Morgan fingerprint density at radius 2 is 1.93 bits per heavy atom. The number of nitrogens with one attached hydrogen (secondary N) is 1. The van der Waals surface area contributed by atoms with Crippen molar-refractivity contribution in [3.8, 4) is 11.6 Å². The summed E-state index contributed by atoms with van der Waals surface area (Å²) >= 11 is 1.22. The SMILES string of the molecule is CC1(C)CC(=O)c2sc(NC(=O)c3cccnc3Oc3ccccc3)nc2C1. The van der Waals surface area contributed by atoms with Gasteiger partial charge in [0, 0.05) is 12.6 Å². The van der Waals surface area contributed by atoms with Gasteiger partial charge in [0.05, 0.1) is 10.6 Å². The van der Waals surface area contributed by atoms with E-state index in [4.69, 9.17) is 4.74 Å². The standard InChI is InChI=1S/C21H19N3O3S/c1-21(2)11-15-17(16(25)12-21)28-20(23-15)24-18(26)14-9-6-10-22-19(14)27-13-7-4-3-5-8-13/h3-10H,11-12H2,1-2H3,(H,23,24,26). The first-order valence-electron chi connectivity index (χ1n) is 8.93. The van der Waals surface area contributed by atoms with Gasteiger partial charge in [-0.05, 0) is 36.1 Å². The van der Waals surface area contributed by atoms with Gasteiger partial charge in [0.2, 0.25) is 5.88 Å². The van der Waals surface area contributed by atoms with Gasteiger partial charge in [-0.2, -0.15) is 0 Å². The van der Waals surface area contributed by atoms with Crippen molar-refractivity contribution >= 4 is 28.2 Å². The zero-order valence-electron chi connectivity index (χ0n) is 15.6. The van der Waals surface area contributed by atoms with Crippen LogP contribution in [0.1, 0.15) is 46.0 Å². The fourth-order valence-corrected chi connectivity index (χ4v) is 4.10. The van der Waals surface area contributed by atoms with Crippen LogP contribution < -0.4 is 10.1 Å². The number of Topliss-reactive ketones (excluding diaryl/α,β-unsaturated/α-hetero) is 1. The largest absolute Gasteiger partial charge is 0.438 e. The van der Waals surface area contributed by atoms with E-state index in [0.717, 1.165) is 12.1 Å². The lowest BCUT2D eigenvalue weighted by atomic mass is 9.78. The number of ketones is 1. The van der Waals surface area contributed by atoms with Crippen molar-refractivity contribution in [2.24, 2.45) is 5.41 Å². The second-order valence-electron chi connectivity index (χ2n) is 7.46. The number of fused-ring (bicyclic) bond motifs is 1. The van der Waals surface area contributed by atoms with Crippen LogP contribution >= 0.6 is 11.3 Å². The summed E-state index contributed by atoms with van der Waals surface area (Å²) in [6, 6.07) is 12.5. The monoisotopic (exact) mass is 393 g/mol. The van der Waals surface area contributed by atoms with Crippen molar-refractivity contribution < 1.29 is 14.3 Å². The number of carbonyl (C=O) groups excluding carboxylic acids is 2. The molecule has 1 amide bonds. The molecule has 28 heavy (non-hydrogen) atoms. The van der Waals surface area contributed by atoms with Gasteiger partial charge in [-0.3, -0.25) is 14.9 Å². The Labute approximate surface area is 166 Å². The van der Waals surface area contributed by atoms with Gasteiger partial charge in [-0.1, -0.05) is 43.4 Å². The van der Waals surface area contributed by atoms with Crippen LogP contribution in [0.15, 0.2) is 48.7 Å². The highest BCUT2D eigenvalue weighted by Gasteiger charge is 2.34. The lowest BCUT2D eigenvalue weighted by molar-refractivity contribution is 0.0915. The molecule has 6 nitrogen and oxygen atoms in total. The zero-order valence-corrected chi connectivity index (χ0v) is 16.4. The third kappa shape index (κ3) is 3.80. The molecule has 0 bridgehead atoms. The van der Waals surface area contributed by atoms with Gasteiger partial charge in [-0.25, -0.2) is 9.97 Å². The van der Waals surface area contributed by atoms with Gasteiger partial charge in [0.25, 0.3) is 5.91 Å². The number of benzene rings is 1. The molecule has 3 aromatic rings. The number of rotatable bonds is 4. The summed E-state index contributed by atoms with van der Waals surface area (Å²) in [5.41, 5.74) is 0.944. The molecule has 0 saturated heterocycles. The highest BCUT2D eigenvalue weighted by atomic mass is 32.1. The van der Waals surface area contributed by atoms with Crippen LogP contribution in [-0.4, -0.2) is 21.7 Å². The molecule has 2 heterocycles. The number of anilines is 1. The predicted molar refractivity (Wildman–Crippen MR) is 107 cm³/mol. The number of aromatic nitrogens is 2. The van der Waals surface area contributed by atoms with Crippen molar-refractivity contribution in [1.82, 2.24) is 9.97 Å². The number of amides is 1. The Morgan fingerprint density at radius 3 is 2.71 bits per heavy atom. The first kappa shape index (κ1) is 18.3. The second-order valence-corrected chi connectivity index (χ2v) is 8.46. The molecule has 0 spiro atoms. The summed E-state index contributed by atoms with van der Waals surface area (Å²) in [7, 11) is 0. The van der Waals surface area contributed by atoms with Crippen molar-refractivity contribution in [3.63, 3.8) is 0 Å². The number of carbonyl (C=O) groups is 2. The Hall–Kier alpha value is -3.06. The quantitative estimate of drug-likeness (QED) is 0.692. The predicted octanol–water partition coefficient (Wildman–Crippen LogP) is 4.74. The molecule has 0 atom stereocenters. The van der Waals surface area contributed by atoms with E-state index in [1.54, 1.807) is 30.5 Å². The maximum Gasteiger partial charge on any atom is 0.262 e. The number of pyridine rings is 1. The number of thiazole rings is 1. The Balaban J connectivity index is 1.56. The van der Waals surface area contributed by atoms with E-state index in [1.807, 2.05) is 32.0 Å². The number of nitrogens with zero attached hydrogens (tertiary/aromatic N) is 2. The molecule has 142 valence electrons. The van der Waals surface area contributed by atoms with Gasteiger partial charge in [0.15, 0.2) is 10.9 Å². The molecule has 1 aliphatic carbocycles. The van der Waals surface area contributed by atoms with E-state index in [-0.39, 0.29) is 23.0 Å². The number of hydrogen-bond donors (Lipinski definition) is 1. The summed E-state index contributed by atoms with van der Waals surface area (Å²) in [5, 5.41) is 3.20. The molecule has 1 N–H and O–H groups in total. The molecule has 0 unspecified atom stereocenters. The number of ether oxygens (including phenoxy) is 1. The fraction of sp³-hybridized carbons (Fsp3) is 0.238. The molecule has 0 fully saturated rings. The Kier molecular flexibility index (Phi) is 4.68. The molecule has 0 saturated carbocycles. The van der Waals surface area contributed by atoms with Gasteiger partial charge < -0.3 is 4.74 Å². The van der Waals surface area contributed by atoms with Gasteiger partial charge >= 0.3 is 0 Å². The molecule has 1 aromatic carbocycles. The zero-order chi connectivity index (χ0) is 19.7. The maximum absolute atomic E-state index is 12.8. The van der Waals surface area contributed by atoms with E-state index in [0.29, 0.717) is 27.7 Å². The van der Waals surface area contributed by atoms with Crippen LogP contribution in [0.25, 0.3) is 0 Å². The van der Waals surface area contributed by atoms with Crippen LogP contribution in [0.3, 0.4) is 0 Å². The Morgan fingerprint density at radius 1 is 1.14 bits per heavy atom. The van der Waals surface area contributed by atoms with Gasteiger partial charge in [0.1, 0.15) is 11.3 Å². The minimum Gasteiger partial charge on any atom is -0.438 e.